The van der Waals surface area contributed by atoms with Gasteiger partial charge in [-0.3, -0.25) is 4.90 Å². The Kier molecular flexibility index (Phi) is 4.29. The van der Waals surface area contributed by atoms with E-state index in [2.05, 4.69) is 32.1 Å². The third-order valence-electron chi connectivity index (χ3n) is 4.36. The highest BCUT2D eigenvalue weighted by molar-refractivity contribution is 7.09. The van der Waals surface area contributed by atoms with Crippen molar-refractivity contribution in [1.82, 2.24) is 14.9 Å². The standard InChI is InChI=1S/C17H19N3OS2/c1-12-14(19-16(21-12)13-5-8-22-11-13)10-20-7-3-2-4-15(20)17-18-6-9-23-17/h5-6,8-9,11,15H,2-4,7,10H2,1H3. The van der Waals surface area contributed by atoms with Crippen LogP contribution in [0, 0.1) is 6.92 Å². The predicted octanol–water partition coefficient (Wildman–Crippen LogP) is 4.90. The molecule has 1 aliphatic rings. The summed E-state index contributed by atoms with van der Waals surface area (Å²) in [6.45, 7) is 3.95. The van der Waals surface area contributed by atoms with Gasteiger partial charge >= 0.3 is 0 Å². The van der Waals surface area contributed by atoms with E-state index in [9.17, 15) is 0 Å². The molecule has 3 aromatic rings. The number of oxazole rings is 1. The number of likely N-dealkylation sites (tertiary alicyclic amines) is 1. The van der Waals surface area contributed by atoms with Gasteiger partial charge in [-0.15, -0.1) is 11.3 Å². The minimum atomic E-state index is 0.421. The summed E-state index contributed by atoms with van der Waals surface area (Å²) < 4.78 is 5.88. The minimum Gasteiger partial charge on any atom is -0.441 e. The largest absolute Gasteiger partial charge is 0.441 e. The number of piperidine rings is 1. The van der Waals surface area contributed by atoms with Gasteiger partial charge in [-0.05, 0) is 37.8 Å². The summed E-state index contributed by atoms with van der Waals surface area (Å²) in [7, 11) is 0. The molecular formula is C17H19N3OS2. The molecular weight excluding hydrogens is 326 g/mol. The molecule has 4 heterocycles. The van der Waals surface area contributed by atoms with Crippen molar-refractivity contribution in [3.8, 4) is 11.5 Å². The first kappa shape index (κ1) is 15.1. The fourth-order valence-electron chi connectivity index (χ4n) is 3.14. The summed E-state index contributed by atoms with van der Waals surface area (Å²) in [4.78, 5) is 11.8. The monoisotopic (exact) mass is 345 g/mol. The van der Waals surface area contributed by atoms with E-state index in [1.807, 2.05) is 13.1 Å². The fourth-order valence-corrected chi connectivity index (χ4v) is 4.57. The Balaban J connectivity index is 1.57. The van der Waals surface area contributed by atoms with Crippen molar-refractivity contribution in [2.45, 2.75) is 38.8 Å². The summed E-state index contributed by atoms with van der Waals surface area (Å²) >= 11 is 3.42. The Labute approximate surface area is 143 Å². The topological polar surface area (TPSA) is 42.2 Å². The minimum absolute atomic E-state index is 0.421. The molecule has 1 aliphatic heterocycles. The molecule has 1 saturated heterocycles. The summed E-state index contributed by atoms with van der Waals surface area (Å²) in [6, 6.07) is 2.48. The molecule has 120 valence electrons. The van der Waals surface area contributed by atoms with Crippen LogP contribution in [-0.4, -0.2) is 21.4 Å². The van der Waals surface area contributed by atoms with Gasteiger partial charge in [-0.2, -0.15) is 11.3 Å². The molecule has 0 aromatic carbocycles. The van der Waals surface area contributed by atoms with Crippen LogP contribution in [0.5, 0.6) is 0 Å². The Hall–Kier alpha value is -1.50. The van der Waals surface area contributed by atoms with Gasteiger partial charge in [0.15, 0.2) is 0 Å². The molecule has 0 saturated carbocycles. The molecule has 0 amide bonds. The average molecular weight is 345 g/mol. The SMILES string of the molecule is Cc1oc(-c2ccsc2)nc1CN1CCCCC1c1nccs1. The lowest BCUT2D eigenvalue weighted by molar-refractivity contribution is 0.138. The zero-order valence-electron chi connectivity index (χ0n) is 13.1. The first-order chi connectivity index (χ1) is 11.3. The lowest BCUT2D eigenvalue weighted by Gasteiger charge is -2.33. The van der Waals surface area contributed by atoms with Crippen LogP contribution in [0.25, 0.3) is 11.5 Å². The van der Waals surface area contributed by atoms with Crippen LogP contribution in [-0.2, 0) is 6.54 Å². The maximum Gasteiger partial charge on any atom is 0.227 e. The first-order valence-corrected chi connectivity index (χ1v) is 9.76. The number of thiophene rings is 1. The quantitative estimate of drug-likeness (QED) is 0.675. The van der Waals surface area contributed by atoms with Crippen molar-refractivity contribution in [3.63, 3.8) is 0 Å². The zero-order valence-corrected chi connectivity index (χ0v) is 14.7. The third kappa shape index (κ3) is 3.11. The van der Waals surface area contributed by atoms with Crippen molar-refractivity contribution in [2.75, 3.05) is 6.54 Å². The van der Waals surface area contributed by atoms with Crippen LogP contribution < -0.4 is 0 Å². The van der Waals surface area contributed by atoms with Gasteiger partial charge in [0, 0.05) is 29.1 Å². The molecule has 1 unspecified atom stereocenters. The van der Waals surface area contributed by atoms with Crippen LogP contribution in [0.2, 0.25) is 0 Å². The highest BCUT2D eigenvalue weighted by Crippen LogP contribution is 2.34. The van der Waals surface area contributed by atoms with Gasteiger partial charge in [0.05, 0.1) is 11.7 Å². The second-order valence-electron chi connectivity index (χ2n) is 5.89. The first-order valence-electron chi connectivity index (χ1n) is 7.93. The predicted molar refractivity (Wildman–Crippen MR) is 93.7 cm³/mol. The Morgan fingerprint density at radius 2 is 2.30 bits per heavy atom. The van der Waals surface area contributed by atoms with Crippen LogP contribution >= 0.6 is 22.7 Å². The molecule has 1 fully saturated rings. The highest BCUT2D eigenvalue weighted by Gasteiger charge is 2.27. The van der Waals surface area contributed by atoms with E-state index in [0.29, 0.717) is 6.04 Å². The van der Waals surface area contributed by atoms with Gasteiger partial charge in [-0.25, -0.2) is 9.97 Å². The van der Waals surface area contributed by atoms with Crippen LogP contribution in [0.15, 0.2) is 32.8 Å². The summed E-state index contributed by atoms with van der Waals surface area (Å²) in [5.74, 6) is 1.66. The Morgan fingerprint density at radius 1 is 1.35 bits per heavy atom. The Bertz CT molecular complexity index is 749. The van der Waals surface area contributed by atoms with Crippen LogP contribution in [0.4, 0.5) is 0 Å². The third-order valence-corrected chi connectivity index (χ3v) is 5.92. The summed E-state index contributed by atoms with van der Waals surface area (Å²) in [6.07, 6.45) is 5.61. The lowest BCUT2D eigenvalue weighted by atomic mass is 10.0. The van der Waals surface area contributed by atoms with E-state index in [4.69, 9.17) is 9.40 Å². The molecule has 4 rings (SSSR count). The molecule has 0 radical (unpaired) electrons. The summed E-state index contributed by atoms with van der Waals surface area (Å²) in [5, 5.41) is 7.42. The van der Waals surface area contributed by atoms with Crippen LogP contribution in [0.1, 0.15) is 41.8 Å². The lowest BCUT2D eigenvalue weighted by Crippen LogP contribution is -2.33. The van der Waals surface area contributed by atoms with Crippen molar-refractivity contribution in [3.05, 3.63) is 44.9 Å². The van der Waals surface area contributed by atoms with Crippen molar-refractivity contribution in [1.29, 1.82) is 0 Å². The van der Waals surface area contributed by atoms with Gasteiger partial charge in [0.25, 0.3) is 0 Å². The number of hydrogen-bond donors (Lipinski definition) is 0. The van der Waals surface area contributed by atoms with Crippen molar-refractivity contribution < 1.29 is 4.42 Å². The van der Waals surface area contributed by atoms with Gasteiger partial charge in [0.2, 0.25) is 5.89 Å². The smallest absolute Gasteiger partial charge is 0.227 e. The molecule has 3 aromatic heterocycles. The van der Waals surface area contributed by atoms with Crippen molar-refractivity contribution in [2.24, 2.45) is 0 Å². The van der Waals surface area contributed by atoms with Gasteiger partial charge in [0.1, 0.15) is 10.8 Å². The van der Waals surface area contributed by atoms with E-state index >= 15 is 0 Å². The number of hydrogen-bond acceptors (Lipinski definition) is 6. The maximum absolute atomic E-state index is 5.88. The molecule has 1 atom stereocenters. The van der Waals surface area contributed by atoms with Crippen molar-refractivity contribution >= 4 is 22.7 Å². The number of aromatic nitrogens is 2. The number of aryl methyl sites for hydroxylation is 1. The van der Waals surface area contributed by atoms with Gasteiger partial charge in [-0.1, -0.05) is 6.42 Å². The second kappa shape index (κ2) is 6.55. The maximum atomic E-state index is 5.88. The van der Waals surface area contributed by atoms with E-state index in [-0.39, 0.29) is 0 Å². The molecule has 0 aliphatic carbocycles. The molecule has 23 heavy (non-hydrogen) atoms. The molecule has 0 bridgehead atoms. The van der Waals surface area contributed by atoms with E-state index in [1.54, 1.807) is 22.7 Å². The zero-order chi connectivity index (χ0) is 15.6. The average Bonchev–Trinajstić information content (AvgIpc) is 3.30. The van der Waals surface area contributed by atoms with Crippen LogP contribution in [0.3, 0.4) is 0 Å². The summed E-state index contributed by atoms with van der Waals surface area (Å²) in [5.41, 5.74) is 2.12. The van der Waals surface area contributed by atoms with E-state index in [0.717, 1.165) is 36.0 Å². The van der Waals surface area contributed by atoms with E-state index < -0.39 is 0 Å². The molecule has 0 N–H and O–H groups in total. The number of rotatable bonds is 4. The molecule has 6 heteroatoms. The molecule has 0 spiro atoms. The van der Waals surface area contributed by atoms with E-state index in [1.165, 1.54) is 24.3 Å². The fraction of sp³-hybridized carbons (Fsp3) is 0.412. The number of thiazole rings is 1. The normalized spacial score (nSPS) is 19.3. The Morgan fingerprint density at radius 3 is 3.09 bits per heavy atom. The number of nitrogens with zero attached hydrogens (tertiary/aromatic N) is 3. The molecule has 4 nitrogen and oxygen atoms in total. The highest BCUT2D eigenvalue weighted by atomic mass is 32.1. The second-order valence-corrected chi connectivity index (χ2v) is 7.59. The van der Waals surface area contributed by atoms with Gasteiger partial charge < -0.3 is 4.42 Å².